The summed E-state index contributed by atoms with van der Waals surface area (Å²) in [6.45, 7) is 15.6. The molecule has 51 heavy (non-hydrogen) atoms. The van der Waals surface area contributed by atoms with Crippen LogP contribution in [0.4, 0.5) is 11.4 Å². The van der Waals surface area contributed by atoms with E-state index in [1.165, 1.54) is 34.6 Å². The summed E-state index contributed by atoms with van der Waals surface area (Å²) in [5.74, 6) is -0.0513. The number of fused-ring (bicyclic) bond motifs is 2. The largest absolute Gasteiger partial charge is 0.344 e. The van der Waals surface area contributed by atoms with E-state index in [0.717, 1.165) is 44.4 Å². The summed E-state index contributed by atoms with van der Waals surface area (Å²) in [5, 5.41) is 0. The number of carbonyl (C=O) groups is 1. The van der Waals surface area contributed by atoms with Gasteiger partial charge < -0.3 is 4.90 Å². The van der Waals surface area contributed by atoms with Crippen molar-refractivity contribution >= 4 is 43.1 Å². The number of ketones is 1. The molecule has 0 amide bonds. The topological polar surface area (TPSA) is 132 Å². The molecule has 2 aromatic carbocycles. The van der Waals surface area contributed by atoms with Gasteiger partial charge in [-0.25, -0.2) is 0 Å². The Balaban J connectivity index is 1.69. The van der Waals surface area contributed by atoms with Gasteiger partial charge in [-0.05, 0) is 76.8 Å². The van der Waals surface area contributed by atoms with Crippen LogP contribution in [0.15, 0.2) is 77.4 Å². The third-order valence-corrected chi connectivity index (χ3v) is 12.0. The SMILES string of the molecule is CCCCN1/C(=C/C=C/C=C/C2=[N+](CCCS(=O)(=O)O)c3ccc(S(=O)(=O)O)cc3C2(C)C)C(C)(CCCCC(=O)C(C)C)c2cc(C)ccc21. The van der Waals surface area contributed by atoms with Gasteiger partial charge in [0.15, 0.2) is 5.71 Å². The Bertz CT molecular complexity index is 1970. The zero-order valence-corrected chi connectivity index (χ0v) is 32.8. The molecule has 11 heteroatoms. The van der Waals surface area contributed by atoms with Gasteiger partial charge in [-0.1, -0.05) is 69.5 Å². The number of rotatable bonds is 17. The van der Waals surface area contributed by atoms with Crippen LogP contribution in [0.2, 0.25) is 0 Å². The second-order valence-corrected chi connectivity index (χ2v) is 17.9. The minimum absolute atomic E-state index is 0.0497. The van der Waals surface area contributed by atoms with Crippen molar-refractivity contribution in [1.82, 2.24) is 0 Å². The second kappa shape index (κ2) is 16.1. The fourth-order valence-corrected chi connectivity index (χ4v) is 8.37. The molecule has 1 unspecified atom stereocenters. The maximum atomic E-state index is 12.4. The molecule has 9 nitrogen and oxygen atoms in total. The van der Waals surface area contributed by atoms with E-state index < -0.39 is 31.4 Å². The number of allylic oxidation sites excluding steroid dienone is 6. The summed E-state index contributed by atoms with van der Waals surface area (Å²) >= 11 is 0. The molecule has 0 bridgehead atoms. The van der Waals surface area contributed by atoms with Crippen molar-refractivity contribution in [3.8, 4) is 0 Å². The lowest BCUT2D eigenvalue weighted by atomic mass is 9.76. The Kier molecular flexibility index (Phi) is 12.8. The lowest BCUT2D eigenvalue weighted by Crippen LogP contribution is -2.29. The van der Waals surface area contributed by atoms with Crippen molar-refractivity contribution in [2.24, 2.45) is 5.92 Å². The molecule has 0 saturated heterocycles. The number of carbonyl (C=O) groups excluding carboxylic acids is 1. The molecular weight excluding hydrogens is 685 g/mol. The van der Waals surface area contributed by atoms with Crippen molar-refractivity contribution < 1.29 is 35.3 Å². The molecule has 2 heterocycles. The minimum atomic E-state index is -4.43. The third kappa shape index (κ3) is 9.35. The molecule has 0 aromatic heterocycles. The summed E-state index contributed by atoms with van der Waals surface area (Å²) in [6.07, 6.45) is 15.7. The number of hydrogen-bond donors (Lipinski definition) is 2. The van der Waals surface area contributed by atoms with Crippen LogP contribution in [0.1, 0.15) is 103 Å². The number of nitrogens with zero attached hydrogens (tertiary/aromatic N) is 2. The van der Waals surface area contributed by atoms with Crippen LogP contribution in [0.25, 0.3) is 0 Å². The van der Waals surface area contributed by atoms with E-state index in [2.05, 4.69) is 49.9 Å². The molecule has 0 aliphatic carbocycles. The Morgan fingerprint density at radius 3 is 2.29 bits per heavy atom. The van der Waals surface area contributed by atoms with Crippen LogP contribution in [-0.2, 0) is 35.9 Å². The van der Waals surface area contributed by atoms with E-state index in [0.29, 0.717) is 23.5 Å². The Hall–Kier alpha value is -3.38. The molecule has 4 rings (SSSR count). The van der Waals surface area contributed by atoms with Crippen molar-refractivity contribution in [2.45, 2.75) is 109 Å². The molecule has 278 valence electrons. The van der Waals surface area contributed by atoms with Gasteiger partial charge in [0, 0.05) is 59.8 Å². The maximum Gasteiger partial charge on any atom is 0.294 e. The summed E-state index contributed by atoms with van der Waals surface area (Å²) in [7, 11) is -8.59. The van der Waals surface area contributed by atoms with Gasteiger partial charge >= 0.3 is 0 Å². The number of benzene rings is 2. The van der Waals surface area contributed by atoms with Crippen LogP contribution in [0.3, 0.4) is 0 Å². The van der Waals surface area contributed by atoms with Gasteiger partial charge in [-0.2, -0.15) is 21.4 Å². The molecule has 2 aromatic rings. The maximum absolute atomic E-state index is 12.4. The highest BCUT2D eigenvalue weighted by Crippen LogP contribution is 2.51. The van der Waals surface area contributed by atoms with Gasteiger partial charge in [0.1, 0.15) is 12.3 Å². The zero-order chi connectivity index (χ0) is 37.8. The standard InChI is InChI=1S/C40H54N2O7S2/c1-8-9-24-42-35-21-19-30(4)27-33(35)40(7,23-14-13-16-36(43)29(2)3)38(42)18-12-10-11-17-37-39(5,6)32-28-31(51(47,48)49)20-22-34(32)41(37)25-15-26-50(44,45)46/h10-12,17-22,27-29H,8-9,13-16,23-26H2,1-7H3,(H-,44,45,46,47,48,49)/p+1. The molecule has 0 saturated carbocycles. The fraction of sp³-hybridized carbons (Fsp3) is 0.500. The lowest BCUT2D eigenvalue weighted by Gasteiger charge is -2.30. The Morgan fingerprint density at radius 1 is 0.922 bits per heavy atom. The third-order valence-electron chi connectivity index (χ3n) is 10.3. The van der Waals surface area contributed by atoms with E-state index in [1.807, 2.05) is 56.6 Å². The van der Waals surface area contributed by atoms with E-state index in [-0.39, 0.29) is 29.2 Å². The molecule has 0 fully saturated rings. The first-order chi connectivity index (χ1) is 23.8. The molecule has 2 aliphatic heterocycles. The summed E-state index contributed by atoms with van der Waals surface area (Å²) in [4.78, 5) is 14.6. The van der Waals surface area contributed by atoms with Gasteiger partial charge in [0.2, 0.25) is 5.69 Å². The van der Waals surface area contributed by atoms with Gasteiger partial charge in [-0.15, -0.1) is 0 Å². The highest BCUT2D eigenvalue weighted by Gasteiger charge is 2.45. The average molecular weight is 740 g/mol. The fourth-order valence-electron chi connectivity index (χ4n) is 7.37. The number of Topliss-reactive ketones (excluding diaryl/α,β-unsaturated/α-hetero) is 1. The van der Waals surface area contributed by atoms with Crippen molar-refractivity contribution in [3.05, 3.63) is 89.2 Å². The molecule has 0 radical (unpaired) electrons. The molecule has 2 N–H and O–H groups in total. The average Bonchev–Trinajstić information content (AvgIpc) is 3.39. The summed E-state index contributed by atoms with van der Waals surface area (Å²) in [5.41, 5.74) is 6.31. The van der Waals surface area contributed by atoms with Crippen LogP contribution >= 0.6 is 0 Å². The predicted molar refractivity (Wildman–Crippen MR) is 206 cm³/mol. The van der Waals surface area contributed by atoms with E-state index in [9.17, 15) is 30.7 Å². The van der Waals surface area contributed by atoms with Crippen LogP contribution in [0.5, 0.6) is 0 Å². The summed E-state index contributed by atoms with van der Waals surface area (Å²) in [6, 6.07) is 11.1. The molecule has 0 spiro atoms. The zero-order valence-electron chi connectivity index (χ0n) is 31.1. The van der Waals surface area contributed by atoms with Gasteiger partial charge in [-0.3, -0.25) is 13.9 Å². The Morgan fingerprint density at radius 2 is 1.65 bits per heavy atom. The number of hydrogen-bond acceptors (Lipinski definition) is 6. The number of anilines is 1. The van der Waals surface area contributed by atoms with Crippen molar-refractivity contribution in [1.29, 1.82) is 0 Å². The van der Waals surface area contributed by atoms with Crippen LogP contribution < -0.4 is 4.90 Å². The quantitative estimate of drug-likeness (QED) is 0.0718. The summed E-state index contributed by atoms with van der Waals surface area (Å²) < 4.78 is 68.0. The van der Waals surface area contributed by atoms with Gasteiger partial charge in [0.25, 0.3) is 20.2 Å². The monoisotopic (exact) mass is 739 g/mol. The smallest absolute Gasteiger partial charge is 0.294 e. The second-order valence-electron chi connectivity index (χ2n) is 14.9. The Labute approximate surface area is 305 Å². The van der Waals surface area contributed by atoms with E-state index in [4.69, 9.17) is 0 Å². The molecule has 2 aliphatic rings. The molecular formula is C40H55N2O7S2+. The van der Waals surface area contributed by atoms with E-state index in [1.54, 1.807) is 6.07 Å². The first-order valence-corrected chi connectivity index (χ1v) is 21.0. The minimum Gasteiger partial charge on any atom is -0.344 e. The predicted octanol–water partition coefficient (Wildman–Crippen LogP) is 8.26. The first-order valence-electron chi connectivity index (χ1n) is 18.0. The van der Waals surface area contributed by atoms with E-state index >= 15 is 0 Å². The number of unbranched alkanes of at least 4 members (excludes halogenated alkanes) is 2. The number of aryl methyl sites for hydroxylation is 1. The first kappa shape index (κ1) is 40.4. The van der Waals surface area contributed by atoms with Crippen LogP contribution in [-0.4, -0.2) is 60.9 Å². The normalized spacial score (nSPS) is 19.6. The van der Waals surface area contributed by atoms with Crippen molar-refractivity contribution in [3.63, 3.8) is 0 Å². The lowest BCUT2D eigenvalue weighted by molar-refractivity contribution is -0.437. The highest BCUT2D eigenvalue weighted by atomic mass is 32.2. The molecule has 1 atom stereocenters. The van der Waals surface area contributed by atoms with Crippen LogP contribution in [0, 0.1) is 12.8 Å². The van der Waals surface area contributed by atoms with Gasteiger partial charge in [0.05, 0.1) is 16.1 Å². The van der Waals surface area contributed by atoms with Crippen molar-refractivity contribution in [2.75, 3.05) is 23.7 Å². The highest BCUT2D eigenvalue weighted by molar-refractivity contribution is 7.86.